The summed E-state index contributed by atoms with van der Waals surface area (Å²) in [5.41, 5.74) is 3.01. The van der Waals surface area contributed by atoms with E-state index in [4.69, 9.17) is 0 Å². The molecular weight excluding hydrogens is 432 g/mol. The summed E-state index contributed by atoms with van der Waals surface area (Å²) in [6.07, 6.45) is 4.98. The maximum atomic E-state index is 12.7. The molecule has 1 aliphatic heterocycles. The van der Waals surface area contributed by atoms with Crippen LogP contribution in [0.3, 0.4) is 0 Å². The smallest absolute Gasteiger partial charge is 0.317 e. The van der Waals surface area contributed by atoms with Crippen molar-refractivity contribution in [2.75, 3.05) is 32.7 Å². The number of piperazine rings is 1. The second kappa shape index (κ2) is 11.3. The number of benzene rings is 1. The molecule has 4 rings (SSSR count). The highest BCUT2D eigenvalue weighted by Gasteiger charge is 2.24. The van der Waals surface area contributed by atoms with Crippen LogP contribution in [-0.2, 0) is 22.6 Å². The number of nitrogens with zero attached hydrogens (tertiary/aromatic N) is 3. The number of urea groups is 1. The van der Waals surface area contributed by atoms with E-state index in [0.29, 0.717) is 45.6 Å². The zero-order valence-corrected chi connectivity index (χ0v) is 19.1. The van der Waals surface area contributed by atoms with Gasteiger partial charge in [-0.1, -0.05) is 24.3 Å². The summed E-state index contributed by atoms with van der Waals surface area (Å²) in [5.74, 6) is -0.0357. The van der Waals surface area contributed by atoms with Gasteiger partial charge in [-0.05, 0) is 30.2 Å². The van der Waals surface area contributed by atoms with Gasteiger partial charge in [-0.15, -0.1) is 0 Å². The van der Waals surface area contributed by atoms with Crippen LogP contribution in [0.25, 0.3) is 10.9 Å². The number of aryl methyl sites for hydroxylation is 1. The van der Waals surface area contributed by atoms with E-state index in [0.717, 1.165) is 22.2 Å². The summed E-state index contributed by atoms with van der Waals surface area (Å²) >= 11 is 0. The first-order valence-corrected chi connectivity index (χ1v) is 11.6. The maximum Gasteiger partial charge on any atom is 0.317 e. The molecule has 0 atom stereocenters. The van der Waals surface area contributed by atoms with Crippen molar-refractivity contribution in [1.29, 1.82) is 0 Å². The molecule has 2 aromatic heterocycles. The summed E-state index contributed by atoms with van der Waals surface area (Å²) in [6, 6.07) is 13.4. The molecule has 3 heterocycles. The van der Waals surface area contributed by atoms with E-state index >= 15 is 0 Å². The Morgan fingerprint density at radius 1 is 0.912 bits per heavy atom. The summed E-state index contributed by atoms with van der Waals surface area (Å²) in [4.78, 5) is 47.9. The van der Waals surface area contributed by atoms with E-state index < -0.39 is 0 Å². The van der Waals surface area contributed by atoms with Crippen LogP contribution in [0.4, 0.5) is 4.79 Å². The normalized spacial score (nSPS) is 13.6. The third-order valence-corrected chi connectivity index (χ3v) is 6.02. The molecular formula is C25H30N6O3. The lowest BCUT2D eigenvalue weighted by Gasteiger charge is -2.34. The minimum absolute atomic E-state index is 0.106. The van der Waals surface area contributed by atoms with Crippen molar-refractivity contribution in [3.05, 3.63) is 66.1 Å². The number of H-pyrrole nitrogens is 1. The second-order valence-corrected chi connectivity index (χ2v) is 8.31. The number of carbonyl (C=O) groups excluding carboxylic acids is 3. The van der Waals surface area contributed by atoms with Crippen LogP contribution < -0.4 is 10.6 Å². The Balaban J connectivity index is 1.12. The van der Waals surface area contributed by atoms with Crippen molar-refractivity contribution in [2.24, 2.45) is 0 Å². The average Bonchev–Trinajstić information content (AvgIpc) is 3.30. The van der Waals surface area contributed by atoms with Gasteiger partial charge in [0.25, 0.3) is 0 Å². The van der Waals surface area contributed by atoms with Crippen LogP contribution >= 0.6 is 0 Å². The van der Waals surface area contributed by atoms with Crippen molar-refractivity contribution < 1.29 is 14.4 Å². The molecule has 4 amide bonds. The molecule has 0 aliphatic carbocycles. The summed E-state index contributed by atoms with van der Waals surface area (Å²) in [5, 5.41) is 6.73. The Morgan fingerprint density at radius 2 is 1.68 bits per heavy atom. The minimum atomic E-state index is -0.205. The zero-order chi connectivity index (χ0) is 23.8. The molecule has 34 heavy (non-hydrogen) atoms. The standard InChI is InChI=1S/C25H30N6O3/c32-23(29-18-20-5-3-4-11-26-20)10-12-27-25(34)31-15-13-30(14-16-31)24(33)9-8-19-17-28-22-7-2-1-6-21(19)22/h1-7,11,17,28H,8-10,12-16,18H2,(H,27,34)(H,29,32). The fourth-order valence-corrected chi connectivity index (χ4v) is 4.07. The largest absolute Gasteiger partial charge is 0.361 e. The molecule has 0 spiro atoms. The number of fused-ring (bicyclic) bond motifs is 1. The van der Waals surface area contributed by atoms with Crippen molar-refractivity contribution in [2.45, 2.75) is 25.8 Å². The molecule has 1 aromatic carbocycles. The first-order chi connectivity index (χ1) is 16.6. The first-order valence-electron chi connectivity index (χ1n) is 11.6. The van der Waals surface area contributed by atoms with Crippen LogP contribution in [0.2, 0.25) is 0 Å². The molecule has 0 unspecified atom stereocenters. The number of carbonyl (C=O) groups is 3. The molecule has 178 valence electrons. The first kappa shape index (κ1) is 23.3. The molecule has 1 aliphatic rings. The lowest BCUT2D eigenvalue weighted by Crippen LogP contribution is -2.53. The van der Waals surface area contributed by atoms with Gasteiger partial charge in [-0.25, -0.2) is 4.79 Å². The van der Waals surface area contributed by atoms with Gasteiger partial charge in [0.05, 0.1) is 12.2 Å². The predicted molar refractivity (Wildman–Crippen MR) is 129 cm³/mol. The molecule has 3 aromatic rings. The van der Waals surface area contributed by atoms with Crippen LogP contribution in [0.15, 0.2) is 54.9 Å². The number of hydrogen-bond donors (Lipinski definition) is 3. The van der Waals surface area contributed by atoms with E-state index in [1.807, 2.05) is 47.5 Å². The number of nitrogens with one attached hydrogen (secondary N) is 3. The van der Waals surface area contributed by atoms with Crippen molar-refractivity contribution >= 4 is 28.7 Å². The highest BCUT2D eigenvalue weighted by atomic mass is 16.2. The molecule has 1 fully saturated rings. The second-order valence-electron chi connectivity index (χ2n) is 8.31. The van der Waals surface area contributed by atoms with Crippen molar-refractivity contribution in [3.8, 4) is 0 Å². The van der Waals surface area contributed by atoms with E-state index in [2.05, 4.69) is 26.7 Å². The lowest BCUT2D eigenvalue weighted by molar-refractivity contribution is -0.132. The van der Waals surface area contributed by atoms with E-state index in [9.17, 15) is 14.4 Å². The van der Waals surface area contributed by atoms with Gasteiger partial charge in [0.2, 0.25) is 11.8 Å². The van der Waals surface area contributed by atoms with Crippen LogP contribution in [0, 0.1) is 0 Å². The number of aromatic nitrogens is 2. The Hall–Kier alpha value is -3.88. The number of pyridine rings is 1. The third-order valence-electron chi connectivity index (χ3n) is 6.02. The minimum Gasteiger partial charge on any atom is -0.361 e. The zero-order valence-electron chi connectivity index (χ0n) is 19.1. The number of aromatic amines is 1. The van der Waals surface area contributed by atoms with Gasteiger partial charge < -0.3 is 25.4 Å². The van der Waals surface area contributed by atoms with E-state index in [1.54, 1.807) is 11.1 Å². The van der Waals surface area contributed by atoms with Crippen molar-refractivity contribution in [1.82, 2.24) is 30.4 Å². The van der Waals surface area contributed by atoms with Gasteiger partial charge in [-0.2, -0.15) is 0 Å². The predicted octanol–water partition coefficient (Wildman–Crippen LogP) is 2.06. The van der Waals surface area contributed by atoms with Crippen molar-refractivity contribution in [3.63, 3.8) is 0 Å². The van der Waals surface area contributed by atoms with Crippen LogP contribution in [-0.4, -0.2) is 70.3 Å². The number of para-hydroxylation sites is 1. The van der Waals surface area contributed by atoms with Gasteiger partial charge in [0, 0.05) is 68.9 Å². The van der Waals surface area contributed by atoms with Gasteiger partial charge >= 0.3 is 6.03 Å². The fraction of sp³-hybridized carbons (Fsp3) is 0.360. The highest BCUT2D eigenvalue weighted by molar-refractivity contribution is 5.84. The van der Waals surface area contributed by atoms with E-state index in [-0.39, 0.29) is 30.8 Å². The highest BCUT2D eigenvalue weighted by Crippen LogP contribution is 2.19. The fourth-order valence-electron chi connectivity index (χ4n) is 4.07. The molecule has 1 saturated heterocycles. The SMILES string of the molecule is O=C(CCNC(=O)N1CCN(C(=O)CCc2c[nH]c3ccccc23)CC1)NCc1ccccn1. The topological polar surface area (TPSA) is 110 Å². The van der Waals surface area contributed by atoms with Crippen LogP contribution in [0.5, 0.6) is 0 Å². The number of rotatable bonds is 8. The summed E-state index contributed by atoms with van der Waals surface area (Å²) < 4.78 is 0. The van der Waals surface area contributed by atoms with E-state index in [1.165, 1.54) is 0 Å². The molecule has 9 nitrogen and oxygen atoms in total. The Morgan fingerprint density at radius 3 is 2.47 bits per heavy atom. The third kappa shape index (κ3) is 6.12. The Kier molecular flexibility index (Phi) is 7.75. The number of hydrogen-bond acceptors (Lipinski definition) is 4. The summed E-state index contributed by atoms with van der Waals surface area (Å²) in [7, 11) is 0. The van der Waals surface area contributed by atoms with Gasteiger partial charge in [0.15, 0.2) is 0 Å². The van der Waals surface area contributed by atoms with Gasteiger partial charge in [0.1, 0.15) is 0 Å². The molecule has 3 N–H and O–H groups in total. The number of amides is 4. The molecule has 9 heteroatoms. The molecule has 0 bridgehead atoms. The summed E-state index contributed by atoms with van der Waals surface area (Å²) in [6.45, 7) is 2.63. The average molecular weight is 463 g/mol. The monoisotopic (exact) mass is 462 g/mol. The maximum absolute atomic E-state index is 12.7. The Labute approximate surface area is 198 Å². The molecule has 0 saturated carbocycles. The lowest BCUT2D eigenvalue weighted by atomic mass is 10.1. The quantitative estimate of drug-likeness (QED) is 0.476. The molecule has 0 radical (unpaired) electrons. The van der Waals surface area contributed by atoms with Gasteiger partial charge in [-0.3, -0.25) is 14.6 Å². The Bertz CT molecular complexity index is 1120. The van der Waals surface area contributed by atoms with Crippen LogP contribution in [0.1, 0.15) is 24.1 Å².